The van der Waals surface area contributed by atoms with Crippen molar-refractivity contribution in [2.24, 2.45) is 7.05 Å². The number of aromatic nitrogens is 1. The van der Waals surface area contributed by atoms with Crippen LogP contribution in [0.1, 0.15) is 10.5 Å². The van der Waals surface area contributed by atoms with Crippen LogP contribution in [0.15, 0.2) is 36.5 Å². The van der Waals surface area contributed by atoms with Crippen LogP contribution in [0.4, 0.5) is 30.2 Å². The van der Waals surface area contributed by atoms with E-state index in [9.17, 15) is 22.8 Å². The fraction of sp³-hybridized carbons (Fsp3) is 0.143. The van der Waals surface area contributed by atoms with E-state index in [0.29, 0.717) is 5.69 Å². The third-order valence-electron chi connectivity index (χ3n) is 3.03. The number of hydrogen-bond donors (Lipinski definition) is 2. The lowest BCUT2D eigenvalue weighted by molar-refractivity contribution is -0.167. The van der Waals surface area contributed by atoms with E-state index in [-0.39, 0.29) is 17.1 Å². The van der Waals surface area contributed by atoms with E-state index >= 15 is 0 Å². The molecule has 0 spiro atoms. The average molecular weight is 361 g/mol. The number of benzene rings is 1. The molecular weight excluding hydrogens is 349 g/mol. The van der Waals surface area contributed by atoms with Crippen LogP contribution in [0.2, 0.25) is 0 Å². The number of nitrogen functional groups attached to an aromatic ring is 1. The van der Waals surface area contributed by atoms with Gasteiger partial charge in [-0.1, -0.05) is 0 Å². The number of aryl methyl sites for hydroxylation is 1. The van der Waals surface area contributed by atoms with Gasteiger partial charge in [0.1, 0.15) is 5.69 Å². The van der Waals surface area contributed by atoms with Crippen molar-refractivity contribution in [2.75, 3.05) is 15.5 Å². The highest BCUT2D eigenvalue weighted by atomic mass is 35.5. The normalized spacial score (nSPS) is 11.2. The number of nitrogens with one attached hydrogen (secondary N) is 1. The molecule has 0 saturated heterocycles. The fourth-order valence-corrected chi connectivity index (χ4v) is 2.10. The summed E-state index contributed by atoms with van der Waals surface area (Å²) in [6, 6.07) is 6.42. The summed E-state index contributed by atoms with van der Waals surface area (Å²) in [6.07, 6.45) is -3.45. The molecule has 0 saturated carbocycles. The molecule has 0 radical (unpaired) electrons. The first-order valence-corrected chi connectivity index (χ1v) is 6.83. The van der Waals surface area contributed by atoms with E-state index in [1.165, 1.54) is 41.1 Å². The molecule has 0 atom stereocenters. The minimum Gasteiger partial charge on any atom is -0.397 e. The molecule has 0 bridgehead atoms. The SMILES string of the molecule is Cn1cc(N)cc1C(=O)N(Cl)c1ccc(NC(=O)C(F)(F)F)cc1. The van der Waals surface area contributed by atoms with Gasteiger partial charge in [0.05, 0.1) is 11.4 Å². The Morgan fingerprint density at radius 1 is 1.25 bits per heavy atom. The summed E-state index contributed by atoms with van der Waals surface area (Å²) in [5.41, 5.74) is 6.34. The maximum atomic E-state index is 12.3. The van der Waals surface area contributed by atoms with Gasteiger partial charge in [-0.15, -0.1) is 0 Å². The van der Waals surface area contributed by atoms with Crippen molar-refractivity contribution in [3.05, 3.63) is 42.2 Å². The molecular formula is C14H12ClF3N4O2. The number of rotatable bonds is 3. The molecule has 2 rings (SSSR count). The minimum atomic E-state index is -4.99. The summed E-state index contributed by atoms with van der Waals surface area (Å²) in [4.78, 5) is 23.1. The van der Waals surface area contributed by atoms with Crippen molar-refractivity contribution < 1.29 is 22.8 Å². The van der Waals surface area contributed by atoms with Gasteiger partial charge in [0.25, 0.3) is 5.91 Å². The standard InChI is InChI=1S/C14H12ClF3N4O2/c1-21-7-8(19)6-11(21)12(23)22(15)10-4-2-9(3-5-10)20-13(24)14(16,17)18/h2-7H,19H2,1H3,(H,20,24). The van der Waals surface area contributed by atoms with Gasteiger partial charge in [0.15, 0.2) is 0 Å². The summed E-state index contributed by atoms with van der Waals surface area (Å²) in [6.45, 7) is 0. The highest BCUT2D eigenvalue weighted by molar-refractivity contribution is 6.39. The molecule has 1 heterocycles. The summed E-state index contributed by atoms with van der Waals surface area (Å²) in [5.74, 6) is -2.66. The second-order valence-corrected chi connectivity index (χ2v) is 5.19. The minimum absolute atomic E-state index is 0.0818. The number of nitrogens with zero attached hydrogens (tertiary/aromatic N) is 2. The summed E-state index contributed by atoms with van der Waals surface area (Å²) < 4.78 is 38.8. The van der Waals surface area contributed by atoms with Crippen LogP contribution < -0.4 is 15.5 Å². The second-order valence-electron chi connectivity index (χ2n) is 4.85. The average Bonchev–Trinajstić information content (AvgIpc) is 2.84. The zero-order valence-electron chi connectivity index (χ0n) is 12.3. The lowest BCUT2D eigenvalue weighted by atomic mass is 10.2. The molecule has 2 aromatic rings. The zero-order chi connectivity index (χ0) is 18.1. The van der Waals surface area contributed by atoms with Crippen LogP contribution in [-0.4, -0.2) is 22.6 Å². The van der Waals surface area contributed by atoms with E-state index in [1.54, 1.807) is 12.4 Å². The Morgan fingerprint density at radius 2 is 1.83 bits per heavy atom. The van der Waals surface area contributed by atoms with Crippen LogP contribution in [0.25, 0.3) is 0 Å². The van der Waals surface area contributed by atoms with E-state index < -0.39 is 18.0 Å². The maximum absolute atomic E-state index is 12.3. The zero-order valence-corrected chi connectivity index (χ0v) is 13.0. The highest BCUT2D eigenvalue weighted by Crippen LogP contribution is 2.24. The van der Waals surface area contributed by atoms with Gasteiger partial charge in [-0.2, -0.15) is 13.2 Å². The van der Waals surface area contributed by atoms with Crippen molar-refractivity contribution in [1.29, 1.82) is 0 Å². The van der Waals surface area contributed by atoms with Crippen LogP contribution in [0, 0.1) is 0 Å². The van der Waals surface area contributed by atoms with E-state index in [2.05, 4.69) is 0 Å². The molecule has 3 N–H and O–H groups in total. The third kappa shape index (κ3) is 3.80. The number of halogens is 4. The molecule has 1 aromatic carbocycles. The molecule has 128 valence electrons. The molecule has 0 aliphatic heterocycles. The second kappa shape index (κ2) is 6.44. The molecule has 24 heavy (non-hydrogen) atoms. The van der Waals surface area contributed by atoms with Gasteiger partial charge in [-0.3, -0.25) is 9.59 Å². The smallest absolute Gasteiger partial charge is 0.397 e. The maximum Gasteiger partial charge on any atom is 0.471 e. The number of nitrogens with two attached hydrogens (primary N) is 1. The molecule has 10 heteroatoms. The molecule has 2 amide bonds. The predicted molar refractivity (Wildman–Crippen MR) is 83.6 cm³/mol. The lowest BCUT2D eigenvalue weighted by Gasteiger charge is -2.15. The highest BCUT2D eigenvalue weighted by Gasteiger charge is 2.38. The topological polar surface area (TPSA) is 80.4 Å². The van der Waals surface area contributed by atoms with Crippen molar-refractivity contribution in [1.82, 2.24) is 4.57 Å². The summed E-state index contributed by atoms with van der Waals surface area (Å²) >= 11 is 5.97. The van der Waals surface area contributed by atoms with E-state index in [0.717, 1.165) is 4.42 Å². The predicted octanol–water partition coefficient (Wildman–Crippen LogP) is 2.91. The van der Waals surface area contributed by atoms with Crippen molar-refractivity contribution in [3.63, 3.8) is 0 Å². The Hall–Kier alpha value is -2.68. The Morgan fingerprint density at radius 3 is 2.29 bits per heavy atom. The number of carbonyl (C=O) groups is 2. The molecule has 0 aliphatic carbocycles. The van der Waals surface area contributed by atoms with Gasteiger partial charge >= 0.3 is 12.1 Å². The largest absolute Gasteiger partial charge is 0.471 e. The Labute approximate surface area is 139 Å². The van der Waals surface area contributed by atoms with Gasteiger partial charge in [-0.25, -0.2) is 4.42 Å². The number of alkyl halides is 3. The lowest BCUT2D eigenvalue weighted by Crippen LogP contribution is -2.29. The van der Waals surface area contributed by atoms with Crippen molar-refractivity contribution >= 4 is 40.7 Å². The summed E-state index contributed by atoms with van der Waals surface area (Å²) in [5, 5.41) is 1.69. The van der Waals surface area contributed by atoms with Gasteiger partial charge in [0, 0.05) is 30.7 Å². The Kier molecular flexibility index (Phi) is 4.74. The third-order valence-corrected chi connectivity index (χ3v) is 3.38. The molecule has 0 fully saturated rings. The van der Waals surface area contributed by atoms with Crippen LogP contribution in [0.3, 0.4) is 0 Å². The number of hydrogen-bond acceptors (Lipinski definition) is 3. The molecule has 1 aromatic heterocycles. The van der Waals surface area contributed by atoms with E-state index in [1.807, 2.05) is 0 Å². The Balaban J connectivity index is 2.14. The van der Waals surface area contributed by atoms with Crippen LogP contribution in [0.5, 0.6) is 0 Å². The number of carbonyl (C=O) groups excluding carboxylic acids is 2. The summed E-state index contributed by atoms with van der Waals surface area (Å²) in [7, 11) is 1.62. The first-order valence-electron chi connectivity index (χ1n) is 6.50. The fourth-order valence-electron chi connectivity index (χ4n) is 1.90. The number of amides is 2. The first-order chi connectivity index (χ1) is 11.1. The van der Waals surface area contributed by atoms with Crippen LogP contribution >= 0.6 is 11.8 Å². The van der Waals surface area contributed by atoms with Crippen molar-refractivity contribution in [3.8, 4) is 0 Å². The van der Waals surface area contributed by atoms with Gasteiger partial charge < -0.3 is 15.6 Å². The van der Waals surface area contributed by atoms with Gasteiger partial charge in [-0.05, 0) is 30.3 Å². The monoisotopic (exact) mass is 360 g/mol. The number of anilines is 3. The molecule has 0 unspecified atom stereocenters. The Bertz CT molecular complexity index is 771. The molecule has 0 aliphatic rings. The van der Waals surface area contributed by atoms with Crippen LogP contribution in [-0.2, 0) is 11.8 Å². The first kappa shape index (κ1) is 17.7. The van der Waals surface area contributed by atoms with Gasteiger partial charge in [0.2, 0.25) is 0 Å². The quantitative estimate of drug-likeness (QED) is 0.826. The molecule has 6 nitrogen and oxygen atoms in total. The van der Waals surface area contributed by atoms with Crippen molar-refractivity contribution in [2.45, 2.75) is 6.18 Å². The van der Waals surface area contributed by atoms with E-state index in [4.69, 9.17) is 17.5 Å².